The molecule has 1 aromatic carbocycles. The van der Waals surface area contributed by atoms with Crippen molar-refractivity contribution in [1.29, 1.82) is 0 Å². The van der Waals surface area contributed by atoms with Gasteiger partial charge in [-0.15, -0.1) is 0 Å². The van der Waals surface area contributed by atoms with E-state index in [-0.39, 0.29) is 37.6 Å². The Kier molecular flexibility index (Phi) is 7.28. The van der Waals surface area contributed by atoms with Crippen molar-refractivity contribution in [2.75, 3.05) is 32.8 Å². The first-order chi connectivity index (χ1) is 14.9. The summed E-state index contributed by atoms with van der Waals surface area (Å²) in [5, 5.41) is 2.82. The molecule has 0 bridgehead atoms. The average Bonchev–Trinajstić information content (AvgIpc) is 3.01. The van der Waals surface area contributed by atoms with Crippen molar-refractivity contribution in [3.8, 4) is 0 Å². The highest BCUT2D eigenvalue weighted by molar-refractivity contribution is 6.08. The Morgan fingerprint density at radius 2 is 1.81 bits per heavy atom. The summed E-state index contributed by atoms with van der Waals surface area (Å²) in [4.78, 5) is 51.3. The van der Waals surface area contributed by atoms with E-state index in [1.54, 1.807) is 24.0 Å². The maximum atomic E-state index is 12.4. The van der Waals surface area contributed by atoms with Crippen LogP contribution in [0.15, 0.2) is 30.8 Å². The molecule has 0 saturated carbocycles. The van der Waals surface area contributed by atoms with Gasteiger partial charge in [-0.2, -0.15) is 0 Å². The number of piperidine rings is 1. The van der Waals surface area contributed by atoms with Crippen LogP contribution in [-0.2, 0) is 19.1 Å². The van der Waals surface area contributed by atoms with Crippen LogP contribution in [0.5, 0.6) is 0 Å². The Morgan fingerprint density at radius 3 is 2.45 bits per heavy atom. The number of benzene rings is 1. The lowest BCUT2D eigenvalue weighted by Crippen LogP contribution is -2.47. The van der Waals surface area contributed by atoms with Crippen LogP contribution in [0.2, 0.25) is 0 Å². The van der Waals surface area contributed by atoms with Crippen molar-refractivity contribution in [3.05, 3.63) is 42.0 Å². The second kappa shape index (κ2) is 10.1. The monoisotopic (exact) mass is 429 g/mol. The third-order valence-electron chi connectivity index (χ3n) is 5.33. The predicted molar refractivity (Wildman–Crippen MR) is 112 cm³/mol. The molecule has 1 fully saturated rings. The molecule has 2 aliphatic rings. The Balaban J connectivity index is 1.35. The van der Waals surface area contributed by atoms with Crippen molar-refractivity contribution >= 4 is 29.6 Å². The molecule has 3 amide bonds. The smallest absolute Gasteiger partial charge is 0.409 e. The van der Waals surface area contributed by atoms with Crippen molar-refractivity contribution in [1.82, 2.24) is 15.1 Å². The molecule has 0 spiro atoms. The highest BCUT2D eigenvalue weighted by Crippen LogP contribution is 2.31. The van der Waals surface area contributed by atoms with Crippen LogP contribution in [-0.4, -0.2) is 72.6 Å². The van der Waals surface area contributed by atoms with Crippen LogP contribution >= 0.6 is 0 Å². The van der Waals surface area contributed by atoms with Crippen LogP contribution in [0.1, 0.15) is 42.1 Å². The van der Waals surface area contributed by atoms with E-state index < -0.39 is 11.9 Å². The van der Waals surface area contributed by atoms with Gasteiger partial charge in [0.1, 0.15) is 0 Å². The minimum absolute atomic E-state index is 0.0377. The van der Waals surface area contributed by atoms with Crippen LogP contribution in [0.3, 0.4) is 0 Å². The molecule has 1 N–H and O–H groups in total. The number of ether oxygens (including phenoxy) is 2. The molecule has 1 saturated heterocycles. The number of hydrogen-bond donors (Lipinski definition) is 1. The van der Waals surface area contributed by atoms with Crippen molar-refractivity contribution < 1.29 is 28.7 Å². The van der Waals surface area contributed by atoms with Gasteiger partial charge in [0.15, 0.2) is 6.61 Å². The van der Waals surface area contributed by atoms with Crippen LogP contribution < -0.4 is 5.32 Å². The second-order valence-electron chi connectivity index (χ2n) is 7.39. The Morgan fingerprint density at radius 1 is 1.13 bits per heavy atom. The number of amides is 3. The number of carbonyl (C=O) groups excluding carboxylic acids is 4. The van der Waals surface area contributed by atoms with Gasteiger partial charge in [0.05, 0.1) is 13.0 Å². The molecule has 0 aromatic heterocycles. The predicted octanol–water partition coefficient (Wildman–Crippen LogP) is 1.78. The van der Waals surface area contributed by atoms with Gasteiger partial charge in [0, 0.05) is 42.5 Å². The zero-order chi connectivity index (χ0) is 22.4. The third-order valence-corrected chi connectivity index (χ3v) is 5.33. The first kappa shape index (κ1) is 22.3. The first-order valence-corrected chi connectivity index (χ1v) is 10.4. The first-order valence-electron chi connectivity index (χ1n) is 10.4. The summed E-state index contributed by atoms with van der Waals surface area (Å²) < 4.78 is 10.0. The van der Waals surface area contributed by atoms with Gasteiger partial charge in [-0.3, -0.25) is 14.4 Å². The molecule has 0 atom stereocenters. The largest absolute Gasteiger partial charge is 0.456 e. The van der Waals surface area contributed by atoms with Crippen LogP contribution in [0.25, 0.3) is 5.70 Å². The van der Waals surface area contributed by atoms with Gasteiger partial charge in [-0.1, -0.05) is 24.8 Å². The topological polar surface area (TPSA) is 105 Å². The van der Waals surface area contributed by atoms with E-state index in [2.05, 4.69) is 11.9 Å². The number of rotatable bonds is 7. The fourth-order valence-corrected chi connectivity index (χ4v) is 3.68. The van der Waals surface area contributed by atoms with Gasteiger partial charge in [0.2, 0.25) is 0 Å². The summed E-state index contributed by atoms with van der Waals surface area (Å²) in [6.45, 7) is 6.76. The lowest BCUT2D eigenvalue weighted by atomic mass is 10.1. The molecule has 2 aliphatic heterocycles. The van der Waals surface area contributed by atoms with E-state index in [1.165, 1.54) is 4.90 Å². The second-order valence-corrected chi connectivity index (χ2v) is 7.39. The van der Waals surface area contributed by atoms with E-state index in [9.17, 15) is 19.2 Å². The quantitative estimate of drug-likeness (QED) is 0.663. The van der Waals surface area contributed by atoms with E-state index >= 15 is 0 Å². The molecule has 166 valence electrons. The molecular formula is C22H27N3O6. The third kappa shape index (κ3) is 5.42. The molecule has 3 rings (SSSR count). The number of fused-ring (bicyclic) bond motifs is 1. The number of nitrogens with zero attached hydrogens (tertiary/aromatic N) is 2. The standard InChI is InChI=1S/C22H27N3O6/c1-3-30-22(29)24-11-8-16(9-12-24)23-19(26)14-31-20(27)10-13-25-15(2)17-6-4-5-7-18(17)21(25)28/h4-7,16H,2-3,8-14H2,1H3,(H,23,26). The molecule has 2 heterocycles. The number of nitrogens with one attached hydrogen (secondary N) is 1. The minimum Gasteiger partial charge on any atom is -0.456 e. The average molecular weight is 429 g/mol. The van der Waals surface area contributed by atoms with E-state index in [1.807, 2.05) is 12.1 Å². The van der Waals surface area contributed by atoms with Gasteiger partial charge < -0.3 is 24.6 Å². The zero-order valence-electron chi connectivity index (χ0n) is 17.6. The Hall–Kier alpha value is -3.36. The molecule has 0 aliphatic carbocycles. The fourth-order valence-electron chi connectivity index (χ4n) is 3.68. The number of likely N-dealkylation sites (tertiary alicyclic amines) is 1. The van der Waals surface area contributed by atoms with Crippen LogP contribution in [0, 0.1) is 0 Å². The van der Waals surface area contributed by atoms with E-state index in [0.29, 0.717) is 43.8 Å². The maximum Gasteiger partial charge on any atom is 0.409 e. The summed E-state index contributed by atoms with van der Waals surface area (Å²) in [5.41, 5.74) is 1.88. The van der Waals surface area contributed by atoms with Crippen molar-refractivity contribution in [2.45, 2.75) is 32.2 Å². The SMILES string of the molecule is C=C1c2ccccc2C(=O)N1CCC(=O)OCC(=O)NC1CCN(C(=O)OCC)CC1. The highest BCUT2D eigenvalue weighted by Gasteiger charge is 2.31. The molecular weight excluding hydrogens is 402 g/mol. The lowest BCUT2D eigenvalue weighted by molar-refractivity contribution is -0.148. The summed E-state index contributed by atoms with van der Waals surface area (Å²) in [5.74, 6) is -1.15. The van der Waals surface area contributed by atoms with Gasteiger partial charge in [-0.05, 0) is 25.8 Å². The van der Waals surface area contributed by atoms with E-state index in [4.69, 9.17) is 9.47 Å². The molecule has 0 unspecified atom stereocenters. The van der Waals surface area contributed by atoms with Crippen LogP contribution in [0.4, 0.5) is 4.79 Å². The zero-order valence-corrected chi connectivity index (χ0v) is 17.6. The van der Waals surface area contributed by atoms with Gasteiger partial charge in [0.25, 0.3) is 11.8 Å². The number of carbonyl (C=O) groups is 4. The molecule has 9 nitrogen and oxygen atoms in total. The fraction of sp³-hybridized carbons (Fsp3) is 0.455. The van der Waals surface area contributed by atoms with Gasteiger partial charge >= 0.3 is 12.1 Å². The highest BCUT2D eigenvalue weighted by atomic mass is 16.6. The lowest BCUT2D eigenvalue weighted by Gasteiger charge is -2.31. The van der Waals surface area contributed by atoms with E-state index in [0.717, 1.165) is 5.56 Å². The summed E-state index contributed by atoms with van der Waals surface area (Å²) in [7, 11) is 0. The normalized spacial score (nSPS) is 16.2. The minimum atomic E-state index is -0.566. The molecule has 31 heavy (non-hydrogen) atoms. The Bertz CT molecular complexity index is 841. The molecule has 9 heteroatoms. The molecule has 0 radical (unpaired) electrons. The van der Waals surface area contributed by atoms with Gasteiger partial charge in [-0.25, -0.2) is 4.79 Å². The summed E-state index contributed by atoms with van der Waals surface area (Å²) >= 11 is 0. The molecule has 1 aromatic rings. The summed E-state index contributed by atoms with van der Waals surface area (Å²) in [6, 6.07) is 7.06. The Labute approximate surface area is 181 Å². The van der Waals surface area contributed by atoms with Crippen molar-refractivity contribution in [2.24, 2.45) is 0 Å². The van der Waals surface area contributed by atoms with Crippen molar-refractivity contribution in [3.63, 3.8) is 0 Å². The number of hydrogen-bond acceptors (Lipinski definition) is 6. The maximum absolute atomic E-state index is 12.4. The summed E-state index contributed by atoms with van der Waals surface area (Å²) in [6.07, 6.45) is 0.837. The number of esters is 1.